The molecule has 17 nitrogen and oxygen atoms in total. The maximum Gasteiger partial charge on any atom is 1.00 e. The van der Waals surface area contributed by atoms with Gasteiger partial charge in [0.1, 0.15) is 15.8 Å². The zero-order chi connectivity index (χ0) is 82.2. The van der Waals surface area contributed by atoms with E-state index in [4.69, 9.17) is 108 Å². The van der Waals surface area contributed by atoms with Crippen molar-refractivity contribution in [2.24, 2.45) is 0 Å². The van der Waals surface area contributed by atoms with Crippen LogP contribution in [0.1, 0.15) is 127 Å². The predicted octanol–water partition coefficient (Wildman–Crippen LogP) is 26.9. The number of benzene rings is 4. The van der Waals surface area contributed by atoms with Gasteiger partial charge in [0.05, 0.1) is 37.7 Å². The Morgan fingerprint density at radius 3 is 1.14 bits per heavy atom. The minimum atomic E-state index is -1.72. The van der Waals surface area contributed by atoms with Crippen LogP contribution >= 0.6 is 209 Å². The fraction of sp³-hybridized carbons (Fsp3) is 0.110. The predicted molar refractivity (Wildman–Crippen MR) is 474 cm³/mol. The number of H-pyrrole nitrogens is 4. The molecule has 0 atom stereocenters. The number of carboxylic acids is 2. The first-order valence-corrected chi connectivity index (χ1v) is 50.4. The number of ketones is 3. The van der Waals surface area contributed by atoms with Crippen molar-refractivity contribution in [2.45, 2.75) is 49.0 Å². The third kappa shape index (κ3) is 33.2. The molecular formula is C73H59AlBr3Cl9CuFeN6O11S7. The van der Waals surface area contributed by atoms with Crippen LogP contribution in [0, 0.1) is 64.7 Å². The number of thiophene rings is 6. The fourth-order valence-electron chi connectivity index (χ4n) is 9.03. The topological polar surface area (TPSA) is 297 Å². The standard InChI is InChI=1S/C16H13NO3S.C15H10N2OS.C14H10BrNOS.C8H7N.C6H4BrClOS.C6H5BrO2S.C6H6O2S.CN.CH4.Al.Cl2OS.6ClH.Cu.Fe/c1-9-11(16(19)20-2)7-14(21-9)15(18)12-8-17-13-6-4-3-5-10(12)13;1-9-10(7-16)6-14(19-9)15(18)12-8-17-13-5-3-2-4-11(12)13;1-8-11(15)6-13(18-8)14(17)10-7-16-12-5-3-2-4-9(10)12;1-2-4-8-7(3-1)5-6-9-8;2*1-3-4(7)2-5(10-3)6(8)9;1-4-2-3-5(9-4)6(7)8;1-2;;;1-4(2)3;;;;;;;;/h3-8,17H,1-2H3;2-6,8,17H,1H3;2-7,16H,1H3;1-6,9H;2H,1H3;2H,1H3,(H,8,9);2-3H,1H3,(H,7,8);;1H4;;;6*1H;;/q;;;;;;;-1;;+3;;;;;;;;+1;+3/p-6. The SMILES string of the molecule is C.COC(=O)c1cc(C(=O)c2c[nH]c3ccccc23)sc1C.Cc1ccc(C(=O)O)s1.Cc1sc(C(=O)Cl)cc1Br.Cc1sc(C(=O)O)cc1Br.Cc1sc(C(=O)c2c[nH]c3ccccc23)cc1Br.Cc1sc(C(=O)c2c[nH]c3ccccc23)cc1C#N.O=S(Cl)Cl.[C-]#N.[Cl][Al]([Cl])[Cl].[Cl][Fe]([Cl])[Cl].[Cu+].c1ccc2[nH]ccc2c1. The number of para-hydroxylation sites is 4. The molecule has 0 aliphatic heterocycles. The number of rotatable bonds is 10. The number of nitrogens with one attached hydrogen (secondary N) is 4. The van der Waals surface area contributed by atoms with Gasteiger partial charge in [-0.05, 0) is 179 Å². The maximum atomic E-state index is 12.6. The molecule has 10 aromatic heterocycles. The summed E-state index contributed by atoms with van der Waals surface area (Å²) in [6.45, 7) is 16.1. The van der Waals surface area contributed by atoms with Gasteiger partial charge in [-0.15, -0.1) is 68.0 Å². The Morgan fingerprint density at radius 2 is 0.839 bits per heavy atom. The number of aromatic amines is 4. The van der Waals surface area contributed by atoms with Crippen LogP contribution in [0.5, 0.6) is 0 Å². The molecule has 0 spiro atoms. The summed E-state index contributed by atoms with van der Waals surface area (Å²) >= 11 is 20.3. The van der Waals surface area contributed by atoms with Crippen molar-refractivity contribution in [2.75, 3.05) is 7.11 Å². The molecular weight excluding hydrogens is 2070 g/mol. The molecule has 14 rings (SSSR count). The molecule has 0 aliphatic carbocycles. The van der Waals surface area contributed by atoms with E-state index in [2.05, 4.69) is 113 Å². The average molecular weight is 2130 g/mol. The quantitative estimate of drug-likeness (QED) is 0.0244. The van der Waals surface area contributed by atoms with Gasteiger partial charge in [-0.1, -0.05) is 80.2 Å². The first-order valence-electron chi connectivity index (χ1n) is 30.2. The fourth-order valence-corrected chi connectivity index (χ4v) is 16.0. The number of ether oxygens (including phenoxy) is 1. The second kappa shape index (κ2) is 52.7. The number of hydrogen-bond donors (Lipinski definition) is 6. The van der Waals surface area contributed by atoms with Crippen LogP contribution in [0.3, 0.4) is 0 Å². The van der Waals surface area contributed by atoms with E-state index in [1.54, 1.807) is 55.0 Å². The van der Waals surface area contributed by atoms with Crippen molar-refractivity contribution in [3.8, 4) is 6.07 Å². The Kier molecular flexibility index (Phi) is 48.5. The Bertz CT molecular complexity index is 5390. The van der Waals surface area contributed by atoms with Crippen molar-refractivity contribution >= 4 is 314 Å². The summed E-state index contributed by atoms with van der Waals surface area (Å²) in [6, 6.07) is 47.5. The van der Waals surface area contributed by atoms with E-state index in [-0.39, 0.29) is 47.1 Å². The molecule has 39 heteroatoms. The normalized spacial score (nSPS) is 9.88. The second-order valence-electron chi connectivity index (χ2n) is 21.0. The number of carboxylic acid groups (broad SMARTS) is 2. The number of nitrogens with zero attached hydrogens (tertiary/aromatic N) is 2. The van der Waals surface area contributed by atoms with Crippen molar-refractivity contribution in [1.82, 2.24) is 19.9 Å². The molecule has 0 fully saturated rings. The first-order chi connectivity index (χ1) is 52.1. The van der Waals surface area contributed by atoms with Gasteiger partial charge in [0, 0.05) is 144 Å². The molecule has 0 saturated carbocycles. The van der Waals surface area contributed by atoms with Gasteiger partial charge in [-0.3, -0.25) is 19.2 Å². The summed E-state index contributed by atoms with van der Waals surface area (Å²) in [5.74, 6) is -2.16. The van der Waals surface area contributed by atoms with E-state index in [1.165, 1.54) is 86.0 Å². The molecule has 0 radical (unpaired) electrons. The van der Waals surface area contributed by atoms with Gasteiger partial charge in [0.15, 0.2) is 0 Å². The third-order valence-corrected chi connectivity index (χ3v) is 23.7. The van der Waals surface area contributed by atoms with Gasteiger partial charge in [-0.2, -0.15) is 5.26 Å². The Hall–Kier alpha value is -4.92. The Labute approximate surface area is 754 Å². The first kappa shape index (κ1) is 103. The Morgan fingerprint density at radius 1 is 0.500 bits per heavy atom. The van der Waals surface area contributed by atoms with Crippen LogP contribution in [0.4, 0.5) is 0 Å². The van der Waals surface area contributed by atoms with Gasteiger partial charge in [0.2, 0.25) is 26.6 Å². The molecule has 0 bridgehead atoms. The number of nitriles is 1. The van der Waals surface area contributed by atoms with E-state index in [0.29, 0.717) is 46.6 Å². The molecule has 0 saturated heterocycles. The minimum absolute atomic E-state index is 0. The smallest absolute Gasteiger partial charge is 0.361 e. The van der Waals surface area contributed by atoms with E-state index in [9.17, 15) is 33.6 Å². The molecule has 14 aromatic rings. The summed E-state index contributed by atoms with van der Waals surface area (Å²) in [5, 5.41) is 35.8. The van der Waals surface area contributed by atoms with Crippen LogP contribution in [-0.4, -0.2) is 93.4 Å². The number of halogens is 12. The van der Waals surface area contributed by atoms with Crippen LogP contribution in [0.25, 0.3) is 43.6 Å². The summed E-state index contributed by atoms with van der Waals surface area (Å²) in [7, 11) is 38.2. The van der Waals surface area contributed by atoms with Crippen LogP contribution in [-0.2, 0) is 42.2 Å². The molecule has 112 heavy (non-hydrogen) atoms. The number of aromatic nitrogens is 4. The molecule has 0 amide bonds. The largest absolute Gasteiger partial charge is 1.00 e. The van der Waals surface area contributed by atoms with Crippen molar-refractivity contribution in [3.63, 3.8) is 0 Å². The van der Waals surface area contributed by atoms with Gasteiger partial charge >= 0.3 is 87.8 Å². The minimum Gasteiger partial charge on any atom is -0.361 e. The number of hydrogen-bond acceptors (Lipinski definition) is 17. The average Bonchev–Trinajstić information content (AvgIpc) is 1.66. The summed E-state index contributed by atoms with van der Waals surface area (Å²) in [6.07, 6.45) is 7.18. The van der Waals surface area contributed by atoms with Crippen molar-refractivity contribution < 1.29 is 81.0 Å². The number of aromatic carboxylic acids is 2. The van der Waals surface area contributed by atoms with E-state index < -0.39 is 49.7 Å². The molecule has 595 valence electrons. The van der Waals surface area contributed by atoms with Gasteiger partial charge in [-0.25, -0.2) is 48.7 Å². The number of fused-ring (bicyclic) bond motifs is 4. The maximum absolute atomic E-state index is 12.6. The van der Waals surface area contributed by atoms with E-state index in [0.717, 1.165) is 85.8 Å². The monoisotopic (exact) mass is 2120 g/mol. The van der Waals surface area contributed by atoms with Gasteiger partial charge < -0.3 is 46.7 Å². The zero-order valence-corrected chi connectivity index (χ0v) is 78.2. The second-order valence-corrected chi connectivity index (χ2v) is 45.9. The van der Waals surface area contributed by atoms with Gasteiger partial charge in [0.25, 0.3) is 5.24 Å². The third-order valence-electron chi connectivity index (χ3n) is 13.9. The zero-order valence-electron chi connectivity index (χ0n) is 57.8. The summed E-state index contributed by atoms with van der Waals surface area (Å²) in [5.41, 5.74) is 7.09. The molecule has 4 aromatic carbocycles. The number of esters is 1. The summed E-state index contributed by atoms with van der Waals surface area (Å²) in [4.78, 5) is 102. The summed E-state index contributed by atoms with van der Waals surface area (Å²) < 4.78 is 16.6. The molecule has 0 aliphatic rings. The van der Waals surface area contributed by atoms with Crippen LogP contribution in [0.15, 0.2) is 184 Å². The molecule has 10 heterocycles. The van der Waals surface area contributed by atoms with Crippen LogP contribution in [0.2, 0.25) is 0 Å². The van der Waals surface area contributed by atoms with Crippen molar-refractivity contribution in [3.05, 3.63) is 277 Å². The Balaban J connectivity index is 0.000000439. The molecule has 6 N–H and O–H groups in total. The number of methoxy groups -OCH3 is 1. The van der Waals surface area contributed by atoms with Crippen molar-refractivity contribution in [1.29, 1.82) is 10.5 Å². The number of aryl methyl sites for hydroxylation is 6. The number of carbonyl (C=O) groups is 7. The van der Waals surface area contributed by atoms with E-state index >= 15 is 0 Å². The van der Waals surface area contributed by atoms with E-state index in [1.807, 2.05) is 139 Å². The molecule has 0 unspecified atom stereocenters. The number of carbonyl (C=O) groups excluding carboxylic acids is 5. The van der Waals surface area contributed by atoms with Crippen LogP contribution < -0.4 is 0 Å².